The van der Waals surface area contributed by atoms with Crippen molar-refractivity contribution in [1.29, 1.82) is 0 Å². The molecule has 6 nitrogen and oxygen atoms in total. The molecule has 1 amide bonds. The molecule has 4 rings (SSSR count). The molecule has 1 heterocycles. The molecule has 2 aromatic carbocycles. The standard InChI is InChI=1S/C22H27N3O3S2/c1-29-21-8-3-2-7-20(21)23-16-22(26)24-11-13-25(14-12-24)30(27,28)19-10-9-17-5-4-6-18(17)15-19/h2-3,7-10,15,23H,4-6,11-14,16H2,1H3. The van der Waals surface area contributed by atoms with Crippen molar-refractivity contribution in [2.24, 2.45) is 0 Å². The zero-order chi connectivity index (χ0) is 21.1. The average molecular weight is 446 g/mol. The van der Waals surface area contributed by atoms with Gasteiger partial charge in [-0.15, -0.1) is 11.8 Å². The fourth-order valence-electron chi connectivity index (χ4n) is 4.11. The Morgan fingerprint density at radius 2 is 1.77 bits per heavy atom. The fourth-order valence-corrected chi connectivity index (χ4v) is 6.16. The van der Waals surface area contributed by atoms with Gasteiger partial charge in [0, 0.05) is 36.8 Å². The fraction of sp³-hybridized carbons (Fsp3) is 0.409. The van der Waals surface area contributed by atoms with E-state index in [1.54, 1.807) is 22.7 Å². The normalized spacial score (nSPS) is 17.0. The summed E-state index contributed by atoms with van der Waals surface area (Å²) in [5.74, 6) is -0.0134. The van der Waals surface area contributed by atoms with Gasteiger partial charge in [-0.1, -0.05) is 18.2 Å². The van der Waals surface area contributed by atoms with Crippen LogP contribution in [0.2, 0.25) is 0 Å². The second-order valence-electron chi connectivity index (χ2n) is 7.62. The maximum absolute atomic E-state index is 13.1. The Kier molecular flexibility index (Phi) is 6.36. The summed E-state index contributed by atoms with van der Waals surface area (Å²) >= 11 is 1.63. The third-order valence-corrected chi connectivity index (χ3v) is 8.53. The summed E-state index contributed by atoms with van der Waals surface area (Å²) in [6.45, 7) is 1.68. The van der Waals surface area contributed by atoms with E-state index in [4.69, 9.17) is 0 Å². The van der Waals surface area contributed by atoms with Crippen molar-refractivity contribution in [3.63, 3.8) is 0 Å². The van der Waals surface area contributed by atoms with Crippen molar-refractivity contribution in [3.05, 3.63) is 53.6 Å². The van der Waals surface area contributed by atoms with E-state index in [-0.39, 0.29) is 12.5 Å². The van der Waals surface area contributed by atoms with E-state index in [1.165, 1.54) is 9.87 Å². The van der Waals surface area contributed by atoms with Gasteiger partial charge in [0.25, 0.3) is 0 Å². The van der Waals surface area contributed by atoms with Crippen LogP contribution in [-0.2, 0) is 27.7 Å². The van der Waals surface area contributed by atoms with Gasteiger partial charge in [0.15, 0.2) is 0 Å². The molecule has 1 saturated heterocycles. The third-order valence-electron chi connectivity index (χ3n) is 5.84. The first-order valence-corrected chi connectivity index (χ1v) is 12.9. The number of benzene rings is 2. The molecule has 8 heteroatoms. The van der Waals surface area contributed by atoms with Gasteiger partial charge in [-0.2, -0.15) is 4.31 Å². The molecular weight excluding hydrogens is 418 g/mol. The Labute approximate surface area is 182 Å². The Morgan fingerprint density at radius 3 is 2.53 bits per heavy atom. The minimum atomic E-state index is -3.52. The summed E-state index contributed by atoms with van der Waals surface area (Å²) in [5.41, 5.74) is 3.36. The molecule has 30 heavy (non-hydrogen) atoms. The number of piperazine rings is 1. The monoisotopic (exact) mass is 445 g/mol. The number of amides is 1. The minimum absolute atomic E-state index is 0.0134. The summed E-state index contributed by atoms with van der Waals surface area (Å²) in [6.07, 6.45) is 5.08. The summed E-state index contributed by atoms with van der Waals surface area (Å²) < 4.78 is 27.6. The van der Waals surface area contributed by atoms with Crippen molar-refractivity contribution < 1.29 is 13.2 Å². The highest BCUT2D eigenvalue weighted by Gasteiger charge is 2.30. The number of carbonyl (C=O) groups excluding carboxylic acids is 1. The quantitative estimate of drug-likeness (QED) is 0.693. The van der Waals surface area contributed by atoms with E-state index >= 15 is 0 Å². The van der Waals surface area contributed by atoms with Crippen molar-refractivity contribution in [2.75, 3.05) is 44.3 Å². The Bertz CT molecular complexity index is 1030. The van der Waals surface area contributed by atoms with Crippen molar-refractivity contribution in [3.8, 4) is 0 Å². The molecule has 2 aromatic rings. The topological polar surface area (TPSA) is 69.7 Å². The SMILES string of the molecule is CSc1ccccc1NCC(=O)N1CCN(S(=O)(=O)c2ccc3c(c2)CCC3)CC1. The zero-order valence-corrected chi connectivity index (χ0v) is 18.8. The highest BCUT2D eigenvalue weighted by Crippen LogP contribution is 2.27. The number of nitrogens with zero attached hydrogens (tertiary/aromatic N) is 2. The van der Waals surface area contributed by atoms with E-state index in [1.807, 2.05) is 42.7 Å². The van der Waals surface area contributed by atoms with Crippen LogP contribution in [0.15, 0.2) is 52.3 Å². The molecule has 0 aromatic heterocycles. The largest absolute Gasteiger partial charge is 0.375 e. The number of hydrogen-bond acceptors (Lipinski definition) is 5. The van der Waals surface area contributed by atoms with Gasteiger partial charge in [-0.3, -0.25) is 4.79 Å². The summed E-state index contributed by atoms with van der Waals surface area (Å²) in [5, 5.41) is 3.21. The van der Waals surface area contributed by atoms with Gasteiger partial charge in [-0.25, -0.2) is 8.42 Å². The van der Waals surface area contributed by atoms with Crippen LogP contribution in [0, 0.1) is 0 Å². The summed E-state index contributed by atoms with van der Waals surface area (Å²) in [7, 11) is -3.52. The molecule has 0 radical (unpaired) electrons. The lowest BCUT2D eigenvalue weighted by atomic mass is 10.1. The first-order chi connectivity index (χ1) is 14.5. The lowest BCUT2D eigenvalue weighted by Crippen LogP contribution is -2.51. The van der Waals surface area contributed by atoms with Gasteiger partial charge in [0.05, 0.1) is 11.4 Å². The maximum atomic E-state index is 13.1. The van der Waals surface area contributed by atoms with E-state index in [2.05, 4.69) is 5.32 Å². The van der Waals surface area contributed by atoms with Crippen LogP contribution in [0.1, 0.15) is 17.5 Å². The first kappa shape index (κ1) is 21.2. The first-order valence-electron chi connectivity index (χ1n) is 10.3. The van der Waals surface area contributed by atoms with Crippen LogP contribution in [0.4, 0.5) is 5.69 Å². The van der Waals surface area contributed by atoms with Crippen LogP contribution >= 0.6 is 11.8 Å². The van der Waals surface area contributed by atoms with Gasteiger partial charge in [-0.05, 0) is 60.9 Å². The number of thioether (sulfide) groups is 1. The highest BCUT2D eigenvalue weighted by atomic mass is 32.2. The van der Waals surface area contributed by atoms with Crippen molar-refractivity contribution >= 4 is 33.4 Å². The predicted octanol–water partition coefficient (Wildman–Crippen LogP) is 2.84. The number of sulfonamides is 1. The number of carbonyl (C=O) groups is 1. The molecule has 0 saturated carbocycles. The van der Waals surface area contributed by atoms with Gasteiger partial charge >= 0.3 is 0 Å². The second-order valence-corrected chi connectivity index (χ2v) is 10.4. The molecule has 0 atom stereocenters. The van der Waals surface area contributed by atoms with E-state index < -0.39 is 10.0 Å². The average Bonchev–Trinajstić information content (AvgIpc) is 3.25. The number of rotatable bonds is 6. The van der Waals surface area contributed by atoms with Crippen molar-refractivity contribution in [1.82, 2.24) is 9.21 Å². The number of hydrogen-bond donors (Lipinski definition) is 1. The molecule has 0 bridgehead atoms. The number of nitrogens with one attached hydrogen (secondary N) is 1. The molecule has 160 valence electrons. The number of aryl methyl sites for hydroxylation is 2. The highest BCUT2D eigenvalue weighted by molar-refractivity contribution is 7.98. The van der Waals surface area contributed by atoms with Gasteiger partial charge in [0.2, 0.25) is 15.9 Å². The Hall–Kier alpha value is -2.03. The van der Waals surface area contributed by atoms with Crippen molar-refractivity contribution in [2.45, 2.75) is 29.1 Å². The van der Waals surface area contributed by atoms with E-state index in [9.17, 15) is 13.2 Å². The third kappa shape index (κ3) is 4.36. The number of fused-ring (bicyclic) bond motifs is 1. The number of anilines is 1. The van der Waals surface area contributed by atoms with Crippen LogP contribution < -0.4 is 5.32 Å². The Balaban J connectivity index is 1.34. The molecule has 1 N–H and O–H groups in total. The minimum Gasteiger partial charge on any atom is -0.375 e. The molecule has 1 aliphatic heterocycles. The molecule has 1 fully saturated rings. The lowest BCUT2D eigenvalue weighted by molar-refractivity contribution is -0.130. The predicted molar refractivity (Wildman–Crippen MR) is 121 cm³/mol. The van der Waals surface area contributed by atoms with Gasteiger partial charge in [0.1, 0.15) is 0 Å². The summed E-state index contributed by atoms with van der Waals surface area (Å²) in [6, 6.07) is 13.4. The van der Waals surface area contributed by atoms with E-state index in [0.717, 1.165) is 35.4 Å². The van der Waals surface area contributed by atoms with Crippen LogP contribution in [-0.4, -0.2) is 62.5 Å². The summed E-state index contributed by atoms with van der Waals surface area (Å²) in [4.78, 5) is 15.8. The number of para-hydroxylation sites is 1. The zero-order valence-electron chi connectivity index (χ0n) is 17.1. The molecule has 1 aliphatic carbocycles. The molecular formula is C22H27N3O3S2. The van der Waals surface area contributed by atoms with Gasteiger partial charge < -0.3 is 10.2 Å². The van der Waals surface area contributed by atoms with Crippen LogP contribution in [0.3, 0.4) is 0 Å². The molecule has 0 unspecified atom stereocenters. The Morgan fingerprint density at radius 1 is 1.03 bits per heavy atom. The lowest BCUT2D eigenvalue weighted by Gasteiger charge is -2.34. The van der Waals surface area contributed by atoms with E-state index in [0.29, 0.717) is 31.1 Å². The second kappa shape index (κ2) is 8.99. The van der Waals surface area contributed by atoms with Crippen LogP contribution in [0.5, 0.6) is 0 Å². The smallest absolute Gasteiger partial charge is 0.243 e. The molecule has 0 spiro atoms. The molecule has 2 aliphatic rings. The maximum Gasteiger partial charge on any atom is 0.243 e. The van der Waals surface area contributed by atoms with Crippen LogP contribution in [0.25, 0.3) is 0 Å².